The van der Waals surface area contributed by atoms with Gasteiger partial charge < -0.3 is 10.2 Å². The first kappa shape index (κ1) is 16.9. The van der Waals surface area contributed by atoms with Crippen LogP contribution in [0.5, 0.6) is 0 Å². The Kier molecular flexibility index (Phi) is 5.57. The highest BCUT2D eigenvalue weighted by molar-refractivity contribution is 5.43. The monoisotopic (exact) mass is 333 g/mol. The van der Waals surface area contributed by atoms with Gasteiger partial charge in [0.25, 0.3) is 0 Å². The zero-order chi connectivity index (χ0) is 17.5. The number of anilines is 2. The third-order valence-electron chi connectivity index (χ3n) is 4.16. The fourth-order valence-corrected chi connectivity index (χ4v) is 2.61. The lowest BCUT2D eigenvalue weighted by Gasteiger charge is -2.20. The Balaban J connectivity index is 1.62. The number of rotatable bonds is 7. The topological polar surface area (TPSA) is 53.9 Å². The standard InChI is InChI=1S/C20H23N5/c1-16(18-6-4-3-5-7-18)23-20-22-14-10-19(24-20)25(2)15-11-17-8-12-21-13-9-17/h3-10,12-14,16H,11,15H2,1-2H3,(H,22,23,24). The molecule has 1 N–H and O–H groups in total. The number of hydrogen-bond acceptors (Lipinski definition) is 5. The van der Waals surface area contributed by atoms with Gasteiger partial charge in [0.1, 0.15) is 5.82 Å². The SMILES string of the molecule is CC(Nc1nccc(N(C)CCc2ccncc2)n1)c1ccccc1. The van der Waals surface area contributed by atoms with Crippen molar-refractivity contribution in [3.05, 3.63) is 78.2 Å². The van der Waals surface area contributed by atoms with E-state index in [0.717, 1.165) is 18.8 Å². The molecule has 0 spiro atoms. The number of nitrogens with zero attached hydrogens (tertiary/aromatic N) is 4. The van der Waals surface area contributed by atoms with Gasteiger partial charge >= 0.3 is 0 Å². The molecule has 1 aromatic carbocycles. The van der Waals surface area contributed by atoms with Crippen LogP contribution in [0, 0.1) is 0 Å². The minimum absolute atomic E-state index is 0.151. The molecule has 0 amide bonds. The van der Waals surface area contributed by atoms with Crippen LogP contribution < -0.4 is 10.2 Å². The molecule has 5 heteroatoms. The summed E-state index contributed by atoms with van der Waals surface area (Å²) in [5.41, 5.74) is 2.48. The summed E-state index contributed by atoms with van der Waals surface area (Å²) < 4.78 is 0. The molecular formula is C20H23N5. The molecule has 128 valence electrons. The third kappa shape index (κ3) is 4.76. The maximum atomic E-state index is 4.64. The van der Waals surface area contributed by atoms with Gasteiger partial charge in [-0.1, -0.05) is 30.3 Å². The molecule has 25 heavy (non-hydrogen) atoms. The lowest BCUT2D eigenvalue weighted by molar-refractivity contribution is 0.835. The molecule has 0 bridgehead atoms. The predicted molar refractivity (Wildman–Crippen MR) is 102 cm³/mol. The molecular weight excluding hydrogens is 310 g/mol. The molecule has 0 aliphatic rings. The van der Waals surface area contributed by atoms with Crippen LogP contribution in [0.1, 0.15) is 24.1 Å². The number of nitrogens with one attached hydrogen (secondary N) is 1. The third-order valence-corrected chi connectivity index (χ3v) is 4.16. The molecule has 0 aliphatic carbocycles. The molecule has 1 atom stereocenters. The molecule has 5 nitrogen and oxygen atoms in total. The summed E-state index contributed by atoms with van der Waals surface area (Å²) in [4.78, 5) is 15.2. The first-order valence-electron chi connectivity index (χ1n) is 8.47. The molecule has 0 aliphatic heterocycles. The summed E-state index contributed by atoms with van der Waals surface area (Å²) in [6, 6.07) is 16.5. The van der Waals surface area contributed by atoms with Crippen molar-refractivity contribution in [2.75, 3.05) is 23.8 Å². The quantitative estimate of drug-likeness (QED) is 0.714. The molecule has 0 radical (unpaired) electrons. The highest BCUT2D eigenvalue weighted by atomic mass is 15.2. The normalized spacial score (nSPS) is 11.8. The average Bonchev–Trinajstić information content (AvgIpc) is 2.68. The van der Waals surface area contributed by atoms with Crippen molar-refractivity contribution in [3.63, 3.8) is 0 Å². The van der Waals surface area contributed by atoms with E-state index in [4.69, 9.17) is 0 Å². The summed E-state index contributed by atoms with van der Waals surface area (Å²) in [5, 5.41) is 3.37. The van der Waals surface area contributed by atoms with Gasteiger partial charge in [0.05, 0.1) is 6.04 Å². The fraction of sp³-hybridized carbons (Fsp3) is 0.250. The minimum atomic E-state index is 0.151. The van der Waals surface area contributed by atoms with Crippen molar-refractivity contribution >= 4 is 11.8 Å². The van der Waals surface area contributed by atoms with Gasteiger partial charge in [-0.15, -0.1) is 0 Å². The van der Waals surface area contributed by atoms with E-state index in [1.165, 1.54) is 11.1 Å². The van der Waals surface area contributed by atoms with E-state index in [2.05, 4.69) is 44.2 Å². The first-order valence-corrected chi connectivity index (χ1v) is 8.47. The van der Waals surface area contributed by atoms with Gasteiger partial charge in [-0.25, -0.2) is 4.98 Å². The van der Waals surface area contributed by atoms with Crippen molar-refractivity contribution in [1.29, 1.82) is 0 Å². The van der Waals surface area contributed by atoms with Crippen LogP contribution in [0.3, 0.4) is 0 Å². The van der Waals surface area contributed by atoms with E-state index in [0.29, 0.717) is 5.95 Å². The first-order chi connectivity index (χ1) is 12.2. The molecule has 0 fully saturated rings. The Labute approximate surface area is 148 Å². The van der Waals surface area contributed by atoms with Gasteiger partial charge in [0, 0.05) is 32.2 Å². The second-order valence-electron chi connectivity index (χ2n) is 6.04. The predicted octanol–water partition coefficient (Wildman–Crippen LogP) is 3.72. The number of hydrogen-bond donors (Lipinski definition) is 1. The van der Waals surface area contributed by atoms with Crippen LogP contribution in [0.4, 0.5) is 11.8 Å². The number of benzene rings is 1. The van der Waals surface area contributed by atoms with Gasteiger partial charge in [0.2, 0.25) is 5.95 Å². The maximum Gasteiger partial charge on any atom is 0.225 e. The molecule has 0 saturated carbocycles. The molecule has 1 unspecified atom stereocenters. The Morgan fingerprint density at radius 1 is 1.00 bits per heavy atom. The lowest BCUT2D eigenvalue weighted by Crippen LogP contribution is -2.22. The van der Waals surface area contributed by atoms with Crippen molar-refractivity contribution in [2.45, 2.75) is 19.4 Å². The molecule has 2 heterocycles. The highest BCUT2D eigenvalue weighted by Gasteiger charge is 2.09. The van der Waals surface area contributed by atoms with Crippen molar-refractivity contribution < 1.29 is 0 Å². The Bertz CT molecular complexity index is 776. The number of likely N-dealkylation sites (N-methyl/N-ethyl adjacent to an activating group) is 1. The van der Waals surface area contributed by atoms with Crippen LogP contribution in [0.15, 0.2) is 67.1 Å². The van der Waals surface area contributed by atoms with E-state index in [1.54, 1.807) is 6.20 Å². The van der Waals surface area contributed by atoms with Gasteiger partial charge in [-0.05, 0) is 42.7 Å². The zero-order valence-electron chi connectivity index (χ0n) is 14.6. The van der Waals surface area contributed by atoms with E-state index in [-0.39, 0.29) is 6.04 Å². The minimum Gasteiger partial charge on any atom is -0.359 e. The molecule has 0 saturated heterocycles. The Morgan fingerprint density at radius 2 is 1.76 bits per heavy atom. The van der Waals surface area contributed by atoms with Crippen LogP contribution >= 0.6 is 0 Å². The van der Waals surface area contributed by atoms with E-state index >= 15 is 0 Å². The highest BCUT2D eigenvalue weighted by Crippen LogP contribution is 2.18. The summed E-state index contributed by atoms with van der Waals surface area (Å²) in [7, 11) is 2.05. The van der Waals surface area contributed by atoms with E-state index in [1.807, 2.05) is 55.8 Å². The second-order valence-corrected chi connectivity index (χ2v) is 6.04. The van der Waals surface area contributed by atoms with E-state index in [9.17, 15) is 0 Å². The summed E-state index contributed by atoms with van der Waals surface area (Å²) >= 11 is 0. The van der Waals surface area contributed by atoms with Crippen molar-refractivity contribution in [2.24, 2.45) is 0 Å². The van der Waals surface area contributed by atoms with Crippen LogP contribution in [-0.2, 0) is 6.42 Å². The Morgan fingerprint density at radius 3 is 2.52 bits per heavy atom. The fourth-order valence-electron chi connectivity index (χ4n) is 2.61. The summed E-state index contributed by atoms with van der Waals surface area (Å²) in [6.45, 7) is 2.99. The molecule has 2 aromatic heterocycles. The Hall–Kier alpha value is -2.95. The van der Waals surface area contributed by atoms with Crippen LogP contribution in [0.25, 0.3) is 0 Å². The smallest absolute Gasteiger partial charge is 0.225 e. The maximum absolute atomic E-state index is 4.64. The van der Waals surface area contributed by atoms with Crippen molar-refractivity contribution in [3.8, 4) is 0 Å². The average molecular weight is 333 g/mol. The van der Waals surface area contributed by atoms with E-state index < -0.39 is 0 Å². The molecule has 3 aromatic rings. The second kappa shape index (κ2) is 8.24. The lowest BCUT2D eigenvalue weighted by atomic mass is 10.1. The van der Waals surface area contributed by atoms with Gasteiger partial charge in [-0.2, -0.15) is 4.98 Å². The van der Waals surface area contributed by atoms with Crippen LogP contribution in [-0.4, -0.2) is 28.5 Å². The summed E-state index contributed by atoms with van der Waals surface area (Å²) in [6.07, 6.45) is 6.40. The molecule has 3 rings (SSSR count). The number of pyridine rings is 1. The van der Waals surface area contributed by atoms with Crippen molar-refractivity contribution in [1.82, 2.24) is 15.0 Å². The summed E-state index contributed by atoms with van der Waals surface area (Å²) in [5.74, 6) is 1.55. The van der Waals surface area contributed by atoms with Gasteiger partial charge in [-0.3, -0.25) is 4.98 Å². The van der Waals surface area contributed by atoms with Crippen LogP contribution in [0.2, 0.25) is 0 Å². The number of aromatic nitrogens is 3. The largest absolute Gasteiger partial charge is 0.359 e. The van der Waals surface area contributed by atoms with Gasteiger partial charge in [0.15, 0.2) is 0 Å². The zero-order valence-corrected chi connectivity index (χ0v) is 14.6.